The Morgan fingerprint density at radius 1 is 1.05 bits per heavy atom. The zero-order valence-electron chi connectivity index (χ0n) is 20.4. The first-order chi connectivity index (χ1) is 17.5. The third-order valence-electron chi connectivity index (χ3n) is 5.80. The normalized spacial score (nSPS) is 12.2. The van der Waals surface area contributed by atoms with Crippen molar-refractivity contribution >= 4 is 10.0 Å². The number of nitrogens with zero attached hydrogens (tertiary/aromatic N) is 4. The monoisotopic (exact) mass is 530 g/mol. The Hall–Kier alpha value is -3.70. The highest BCUT2D eigenvalue weighted by Gasteiger charge is 2.32. The molecular weight excluding hydrogens is 505 g/mol. The summed E-state index contributed by atoms with van der Waals surface area (Å²) in [6, 6.07) is 15.4. The second kappa shape index (κ2) is 10.3. The summed E-state index contributed by atoms with van der Waals surface area (Å²) >= 11 is 0. The summed E-state index contributed by atoms with van der Waals surface area (Å²) in [4.78, 5) is 8.14. The van der Waals surface area contributed by atoms with Crippen LogP contribution in [-0.4, -0.2) is 41.4 Å². The molecule has 2 heterocycles. The molecular formula is C26H25F3N4O3S. The average molecular weight is 531 g/mol. The van der Waals surface area contributed by atoms with E-state index in [1.54, 1.807) is 61.6 Å². The van der Waals surface area contributed by atoms with Crippen LogP contribution in [0.4, 0.5) is 13.2 Å². The lowest BCUT2D eigenvalue weighted by molar-refractivity contribution is -0.141. The number of sulfonamides is 1. The van der Waals surface area contributed by atoms with Gasteiger partial charge in [-0.2, -0.15) is 17.5 Å². The Morgan fingerprint density at radius 2 is 1.78 bits per heavy atom. The van der Waals surface area contributed by atoms with Crippen molar-refractivity contribution < 1.29 is 26.3 Å². The Balaban J connectivity index is 1.68. The predicted octanol–water partition coefficient (Wildman–Crippen LogP) is 4.92. The van der Waals surface area contributed by atoms with Gasteiger partial charge in [-0.1, -0.05) is 24.3 Å². The van der Waals surface area contributed by atoms with Gasteiger partial charge in [0, 0.05) is 44.5 Å². The molecule has 7 nitrogen and oxygen atoms in total. The fourth-order valence-electron chi connectivity index (χ4n) is 3.84. The van der Waals surface area contributed by atoms with Gasteiger partial charge in [0.1, 0.15) is 11.4 Å². The summed E-state index contributed by atoms with van der Waals surface area (Å²) in [6.45, 7) is 0.140. The average Bonchev–Trinajstić information content (AvgIpc) is 3.30. The number of imidazole rings is 1. The van der Waals surface area contributed by atoms with Crippen molar-refractivity contribution in [3.8, 4) is 17.0 Å². The fourth-order valence-corrected chi connectivity index (χ4v) is 5.03. The number of ether oxygens (including phenoxy) is 1. The van der Waals surface area contributed by atoms with Crippen molar-refractivity contribution in [1.29, 1.82) is 0 Å². The third-order valence-corrected chi connectivity index (χ3v) is 7.60. The molecule has 0 amide bonds. The molecule has 0 spiro atoms. The molecule has 2 aromatic carbocycles. The molecule has 0 saturated carbocycles. The molecule has 0 bridgehead atoms. The molecule has 0 aliphatic carbocycles. The highest BCUT2D eigenvalue weighted by molar-refractivity contribution is 7.89. The zero-order chi connectivity index (χ0) is 26.8. The van der Waals surface area contributed by atoms with E-state index in [0.717, 1.165) is 11.6 Å². The van der Waals surface area contributed by atoms with Crippen LogP contribution in [0, 0.1) is 0 Å². The number of alkyl halides is 3. The van der Waals surface area contributed by atoms with Crippen molar-refractivity contribution in [1.82, 2.24) is 18.8 Å². The van der Waals surface area contributed by atoms with Crippen LogP contribution >= 0.6 is 0 Å². The number of methoxy groups -OCH3 is 1. The molecule has 0 unspecified atom stereocenters. The van der Waals surface area contributed by atoms with Gasteiger partial charge in [-0.25, -0.2) is 18.4 Å². The molecule has 0 fully saturated rings. The quantitative estimate of drug-likeness (QED) is 0.323. The summed E-state index contributed by atoms with van der Waals surface area (Å²) in [5.41, 5.74) is 1.60. The third kappa shape index (κ3) is 6.00. The van der Waals surface area contributed by atoms with Crippen molar-refractivity contribution in [2.75, 3.05) is 14.2 Å². The molecule has 0 N–H and O–H groups in total. The molecule has 0 saturated heterocycles. The molecule has 0 aliphatic heterocycles. The molecule has 4 rings (SSSR count). The molecule has 2 aromatic heterocycles. The van der Waals surface area contributed by atoms with E-state index >= 15 is 0 Å². The Morgan fingerprint density at radius 3 is 2.41 bits per heavy atom. The van der Waals surface area contributed by atoms with Gasteiger partial charge in [-0.15, -0.1) is 0 Å². The van der Waals surface area contributed by atoms with Crippen molar-refractivity contribution in [3.63, 3.8) is 0 Å². The Labute approximate surface area is 213 Å². The Bertz CT molecular complexity index is 1500. The molecule has 4 aromatic rings. The summed E-state index contributed by atoms with van der Waals surface area (Å²) in [5.74, 6) is 0.667. The van der Waals surface area contributed by atoms with Gasteiger partial charge >= 0.3 is 6.18 Å². The maximum atomic E-state index is 13.4. The topological polar surface area (TPSA) is 77.3 Å². The van der Waals surface area contributed by atoms with Crippen molar-refractivity contribution in [2.24, 2.45) is 7.05 Å². The first-order valence-electron chi connectivity index (χ1n) is 11.2. The highest BCUT2D eigenvalue weighted by Crippen LogP contribution is 2.31. The number of pyridine rings is 1. The number of benzene rings is 2. The van der Waals surface area contributed by atoms with E-state index in [1.807, 2.05) is 0 Å². The second-order valence-corrected chi connectivity index (χ2v) is 10.6. The molecule has 0 atom stereocenters. The van der Waals surface area contributed by atoms with Crippen LogP contribution in [-0.2, 0) is 36.2 Å². The lowest BCUT2D eigenvalue weighted by Crippen LogP contribution is -2.26. The van der Waals surface area contributed by atoms with Crippen LogP contribution in [0.15, 0.2) is 78.1 Å². The van der Waals surface area contributed by atoms with Gasteiger partial charge < -0.3 is 9.30 Å². The van der Waals surface area contributed by atoms with E-state index in [4.69, 9.17) is 4.74 Å². The fraction of sp³-hybridized carbons (Fsp3) is 0.231. The number of halogens is 3. The van der Waals surface area contributed by atoms with Gasteiger partial charge in [-0.05, 0) is 47.5 Å². The summed E-state index contributed by atoms with van der Waals surface area (Å²) < 4.78 is 74.4. The van der Waals surface area contributed by atoms with E-state index in [9.17, 15) is 21.6 Å². The predicted molar refractivity (Wildman–Crippen MR) is 132 cm³/mol. The van der Waals surface area contributed by atoms with Gasteiger partial charge in [0.25, 0.3) is 0 Å². The first kappa shape index (κ1) is 26.4. The molecule has 194 valence electrons. The maximum absolute atomic E-state index is 13.4. The molecule has 0 radical (unpaired) electrons. The van der Waals surface area contributed by atoms with Crippen LogP contribution in [0.1, 0.15) is 22.5 Å². The highest BCUT2D eigenvalue weighted by atomic mass is 32.2. The molecule has 11 heteroatoms. The second-order valence-electron chi connectivity index (χ2n) is 8.54. The Kier molecular flexibility index (Phi) is 7.37. The van der Waals surface area contributed by atoms with E-state index in [2.05, 4.69) is 9.97 Å². The van der Waals surface area contributed by atoms with E-state index in [-0.39, 0.29) is 23.6 Å². The summed E-state index contributed by atoms with van der Waals surface area (Å²) in [5, 5.41) is 0. The van der Waals surface area contributed by atoms with Crippen LogP contribution in [0.2, 0.25) is 0 Å². The maximum Gasteiger partial charge on any atom is 0.433 e. The number of aryl methyl sites for hydroxylation is 1. The minimum Gasteiger partial charge on any atom is -0.497 e. The van der Waals surface area contributed by atoms with Gasteiger partial charge in [0.05, 0.1) is 24.0 Å². The number of aromatic nitrogens is 3. The standard InChI is InChI=1S/C26H25F3N4O3S/c1-32-16-24(30-17-32)23-14-22(37(34,35)33(2)15-18-7-10-21(36-3)11-8-18)12-9-19(23)13-20-5-4-6-25(31-20)26(27,28)29/h4-12,14,16-17H,13,15H2,1-3H3. The first-order valence-corrected chi connectivity index (χ1v) is 12.6. The lowest BCUT2D eigenvalue weighted by atomic mass is 10.0. The summed E-state index contributed by atoms with van der Waals surface area (Å²) in [6.07, 6.45) is -1.21. The van der Waals surface area contributed by atoms with Crippen molar-refractivity contribution in [3.05, 3.63) is 95.7 Å². The molecule has 37 heavy (non-hydrogen) atoms. The van der Waals surface area contributed by atoms with Gasteiger partial charge in [0.15, 0.2) is 0 Å². The zero-order valence-corrected chi connectivity index (χ0v) is 21.2. The minimum atomic E-state index is -4.56. The van der Waals surface area contributed by atoms with E-state index in [0.29, 0.717) is 22.6 Å². The smallest absolute Gasteiger partial charge is 0.433 e. The minimum absolute atomic E-state index is 0.0462. The number of rotatable bonds is 8. The van der Waals surface area contributed by atoms with Gasteiger partial charge in [0.2, 0.25) is 10.0 Å². The largest absolute Gasteiger partial charge is 0.497 e. The van der Waals surface area contributed by atoms with Gasteiger partial charge in [-0.3, -0.25) is 0 Å². The lowest BCUT2D eigenvalue weighted by Gasteiger charge is -2.19. The van der Waals surface area contributed by atoms with Crippen LogP contribution in [0.5, 0.6) is 5.75 Å². The van der Waals surface area contributed by atoms with Crippen molar-refractivity contribution in [2.45, 2.75) is 24.0 Å². The summed E-state index contributed by atoms with van der Waals surface area (Å²) in [7, 11) is 0.922. The van der Waals surface area contributed by atoms with E-state index < -0.39 is 21.9 Å². The van der Waals surface area contributed by atoms with Crippen LogP contribution in [0.3, 0.4) is 0 Å². The number of hydrogen-bond acceptors (Lipinski definition) is 5. The van der Waals surface area contributed by atoms with E-state index in [1.165, 1.54) is 35.6 Å². The van der Waals surface area contributed by atoms with Crippen LogP contribution in [0.25, 0.3) is 11.3 Å². The SMILES string of the molecule is COc1ccc(CN(C)S(=O)(=O)c2ccc(Cc3cccc(C(F)(F)F)n3)c(-c3cn(C)cn3)c2)cc1. The number of hydrogen-bond donors (Lipinski definition) is 0. The molecule has 0 aliphatic rings. The van der Waals surface area contributed by atoms with Crippen LogP contribution < -0.4 is 4.74 Å².